The predicted octanol–water partition coefficient (Wildman–Crippen LogP) is 4.70. The molecule has 7 heteroatoms. The summed E-state index contributed by atoms with van der Waals surface area (Å²) >= 11 is 0. The second-order valence-corrected chi connectivity index (χ2v) is 10.1. The molecular formula is C27H34N2O5. The molecule has 0 saturated carbocycles. The van der Waals surface area contributed by atoms with Crippen LogP contribution in [0.3, 0.4) is 0 Å². The summed E-state index contributed by atoms with van der Waals surface area (Å²) in [5, 5.41) is 14.8. The number of nitrogens with one attached hydrogen (secondary N) is 2. The molecule has 1 aliphatic rings. The van der Waals surface area contributed by atoms with Crippen LogP contribution < -0.4 is 10.6 Å². The van der Waals surface area contributed by atoms with Gasteiger partial charge in [-0.15, -0.1) is 0 Å². The molecule has 0 aliphatic heterocycles. The van der Waals surface area contributed by atoms with Crippen LogP contribution in [0, 0.1) is 5.41 Å². The number of carbonyl (C=O) groups excluding carboxylic acids is 2. The van der Waals surface area contributed by atoms with E-state index in [-0.39, 0.29) is 24.9 Å². The van der Waals surface area contributed by atoms with Crippen molar-refractivity contribution in [1.82, 2.24) is 10.6 Å². The van der Waals surface area contributed by atoms with Gasteiger partial charge in [0.25, 0.3) is 0 Å². The van der Waals surface area contributed by atoms with Crippen molar-refractivity contribution in [2.45, 2.75) is 58.4 Å². The molecule has 3 N–H and O–H groups in total. The summed E-state index contributed by atoms with van der Waals surface area (Å²) in [6.07, 6.45) is 0.459. The van der Waals surface area contributed by atoms with Crippen LogP contribution in [0.4, 0.5) is 4.79 Å². The number of alkyl carbamates (subject to hydrolysis) is 1. The summed E-state index contributed by atoms with van der Waals surface area (Å²) in [6.45, 7) is 7.46. The zero-order chi connectivity index (χ0) is 24.9. The molecule has 0 radical (unpaired) electrons. The molecule has 2 aromatic rings. The first-order chi connectivity index (χ1) is 16.0. The minimum Gasteiger partial charge on any atom is -0.481 e. The van der Waals surface area contributed by atoms with Crippen molar-refractivity contribution < 1.29 is 24.2 Å². The highest BCUT2D eigenvalue weighted by molar-refractivity contribution is 5.79. The van der Waals surface area contributed by atoms with Gasteiger partial charge in [0, 0.05) is 24.4 Å². The molecule has 0 unspecified atom stereocenters. The van der Waals surface area contributed by atoms with Gasteiger partial charge in [-0.25, -0.2) is 4.79 Å². The number of carboxylic acid groups (broad SMARTS) is 1. The SMILES string of the molecule is CC(C)(CCC(=O)NCCC(C)(C)C(=O)O)NC(=O)OCC1c2ccccc2-c2ccccc21. The van der Waals surface area contributed by atoms with E-state index in [9.17, 15) is 14.4 Å². The van der Waals surface area contributed by atoms with Gasteiger partial charge in [0.15, 0.2) is 0 Å². The second-order valence-electron chi connectivity index (χ2n) is 10.1. The highest BCUT2D eigenvalue weighted by atomic mass is 16.5. The lowest BCUT2D eigenvalue weighted by Gasteiger charge is -2.26. The van der Waals surface area contributed by atoms with Gasteiger partial charge < -0.3 is 20.5 Å². The van der Waals surface area contributed by atoms with Gasteiger partial charge in [-0.2, -0.15) is 0 Å². The predicted molar refractivity (Wildman–Crippen MR) is 131 cm³/mol. The minimum atomic E-state index is -0.893. The van der Waals surface area contributed by atoms with Crippen LogP contribution in [0.25, 0.3) is 11.1 Å². The zero-order valence-corrected chi connectivity index (χ0v) is 20.3. The Labute approximate surface area is 200 Å². The Balaban J connectivity index is 1.46. The summed E-state index contributed by atoms with van der Waals surface area (Å²) < 4.78 is 5.60. The number of rotatable bonds is 10. The van der Waals surface area contributed by atoms with Gasteiger partial charge in [0.1, 0.15) is 6.61 Å². The molecule has 3 rings (SSSR count). The molecule has 182 valence electrons. The maximum atomic E-state index is 12.5. The number of amides is 2. The Kier molecular flexibility index (Phi) is 7.64. The molecule has 0 aromatic heterocycles. The van der Waals surface area contributed by atoms with Crippen LogP contribution in [-0.2, 0) is 14.3 Å². The number of fused-ring (bicyclic) bond motifs is 3. The van der Waals surface area contributed by atoms with Crippen molar-refractivity contribution >= 4 is 18.0 Å². The summed E-state index contributed by atoms with van der Waals surface area (Å²) in [4.78, 5) is 35.9. The molecule has 2 amide bonds. The van der Waals surface area contributed by atoms with Gasteiger partial charge in [0.05, 0.1) is 5.41 Å². The Morgan fingerprint density at radius 3 is 2.03 bits per heavy atom. The maximum Gasteiger partial charge on any atom is 0.407 e. The second kappa shape index (κ2) is 10.3. The zero-order valence-electron chi connectivity index (χ0n) is 20.3. The van der Waals surface area contributed by atoms with E-state index in [1.165, 1.54) is 11.1 Å². The topological polar surface area (TPSA) is 105 Å². The molecule has 0 saturated heterocycles. The molecule has 0 heterocycles. The van der Waals surface area contributed by atoms with Crippen molar-refractivity contribution in [2.75, 3.05) is 13.2 Å². The van der Waals surface area contributed by atoms with E-state index in [2.05, 4.69) is 34.9 Å². The van der Waals surface area contributed by atoms with Gasteiger partial charge in [-0.05, 0) is 62.8 Å². The van der Waals surface area contributed by atoms with E-state index in [0.717, 1.165) is 11.1 Å². The van der Waals surface area contributed by atoms with E-state index in [0.29, 0.717) is 19.4 Å². The summed E-state index contributed by atoms with van der Waals surface area (Å²) in [7, 11) is 0. The highest BCUT2D eigenvalue weighted by Crippen LogP contribution is 2.44. The van der Waals surface area contributed by atoms with Gasteiger partial charge in [0.2, 0.25) is 5.91 Å². The Morgan fingerprint density at radius 1 is 0.912 bits per heavy atom. The fourth-order valence-corrected chi connectivity index (χ4v) is 4.11. The number of hydrogen-bond acceptors (Lipinski definition) is 4. The highest BCUT2D eigenvalue weighted by Gasteiger charge is 2.30. The standard InChI is InChI=1S/C27H34N2O5/c1-26(2,24(31)32)15-16-28-23(30)13-14-27(3,4)29-25(33)34-17-22-20-11-7-5-9-18(20)19-10-6-8-12-21(19)22/h5-12,22H,13-17H2,1-4H3,(H,28,30)(H,29,33)(H,31,32). The number of ether oxygens (including phenoxy) is 1. The molecule has 2 aromatic carbocycles. The van der Waals surface area contributed by atoms with Crippen LogP contribution in [0.15, 0.2) is 48.5 Å². The van der Waals surface area contributed by atoms with Crippen LogP contribution >= 0.6 is 0 Å². The number of hydrogen-bond donors (Lipinski definition) is 3. The van der Waals surface area contributed by atoms with Gasteiger partial charge in [-0.1, -0.05) is 48.5 Å². The number of aliphatic carboxylic acids is 1. The molecule has 0 spiro atoms. The monoisotopic (exact) mass is 466 g/mol. The van der Waals surface area contributed by atoms with Gasteiger partial charge in [-0.3, -0.25) is 9.59 Å². The lowest BCUT2D eigenvalue weighted by molar-refractivity contribution is -0.147. The normalized spacial score (nSPS) is 13.1. The maximum absolute atomic E-state index is 12.5. The van der Waals surface area contributed by atoms with Gasteiger partial charge >= 0.3 is 12.1 Å². The van der Waals surface area contributed by atoms with E-state index >= 15 is 0 Å². The first-order valence-corrected chi connectivity index (χ1v) is 11.6. The molecule has 0 atom stereocenters. The third-order valence-electron chi connectivity index (χ3n) is 6.41. The van der Waals surface area contributed by atoms with Crippen LogP contribution in [-0.4, -0.2) is 41.8 Å². The fourth-order valence-electron chi connectivity index (χ4n) is 4.11. The number of carboxylic acids is 1. The van der Waals surface area contributed by atoms with Crippen molar-refractivity contribution in [3.8, 4) is 11.1 Å². The van der Waals surface area contributed by atoms with E-state index in [1.807, 2.05) is 38.1 Å². The van der Waals surface area contributed by atoms with E-state index < -0.39 is 23.0 Å². The van der Waals surface area contributed by atoms with Crippen molar-refractivity contribution in [3.05, 3.63) is 59.7 Å². The minimum absolute atomic E-state index is 0.0120. The first kappa shape index (κ1) is 25.3. The van der Waals surface area contributed by atoms with Crippen LogP contribution in [0.5, 0.6) is 0 Å². The summed E-state index contributed by atoms with van der Waals surface area (Å²) in [6, 6.07) is 16.3. The number of carbonyl (C=O) groups is 3. The lowest BCUT2D eigenvalue weighted by atomic mass is 9.89. The Hall–Kier alpha value is -3.35. The quantitative estimate of drug-likeness (QED) is 0.471. The van der Waals surface area contributed by atoms with E-state index in [1.54, 1.807) is 13.8 Å². The molecule has 0 bridgehead atoms. The Bertz CT molecular complexity index is 1010. The largest absolute Gasteiger partial charge is 0.481 e. The summed E-state index contributed by atoms with van der Waals surface area (Å²) in [5.41, 5.74) is 3.12. The van der Waals surface area contributed by atoms with Crippen molar-refractivity contribution in [2.24, 2.45) is 5.41 Å². The lowest BCUT2D eigenvalue weighted by Crippen LogP contribution is -2.44. The smallest absolute Gasteiger partial charge is 0.407 e. The van der Waals surface area contributed by atoms with Crippen molar-refractivity contribution in [1.29, 1.82) is 0 Å². The summed E-state index contributed by atoms with van der Waals surface area (Å²) in [5.74, 6) is -1.08. The molecule has 34 heavy (non-hydrogen) atoms. The fraction of sp³-hybridized carbons (Fsp3) is 0.444. The third-order valence-corrected chi connectivity index (χ3v) is 6.41. The van der Waals surface area contributed by atoms with E-state index in [4.69, 9.17) is 9.84 Å². The Morgan fingerprint density at radius 2 is 1.47 bits per heavy atom. The average molecular weight is 467 g/mol. The molecule has 7 nitrogen and oxygen atoms in total. The van der Waals surface area contributed by atoms with Crippen molar-refractivity contribution in [3.63, 3.8) is 0 Å². The number of benzene rings is 2. The molecular weight excluding hydrogens is 432 g/mol. The molecule has 1 aliphatic carbocycles. The third kappa shape index (κ3) is 6.16. The van der Waals surface area contributed by atoms with Crippen LogP contribution in [0.1, 0.15) is 64.0 Å². The molecule has 0 fully saturated rings. The van der Waals surface area contributed by atoms with Crippen LogP contribution in [0.2, 0.25) is 0 Å². The average Bonchev–Trinajstić information content (AvgIpc) is 3.10. The first-order valence-electron chi connectivity index (χ1n) is 11.6.